The molecule has 0 saturated carbocycles. The minimum Gasteiger partial charge on any atom is -0.0851 e. The molecule has 0 saturated heterocycles. The molecular formula is C11H22. The van der Waals surface area contributed by atoms with Gasteiger partial charge in [-0.1, -0.05) is 46.3 Å². The van der Waals surface area contributed by atoms with Crippen LogP contribution in [0.1, 0.15) is 53.9 Å². The lowest BCUT2D eigenvalue weighted by atomic mass is 9.80. The fourth-order valence-electron chi connectivity index (χ4n) is 1.37. The first-order valence-electron chi connectivity index (χ1n) is 4.78. The second kappa shape index (κ2) is 4.58. The van der Waals surface area contributed by atoms with Crippen LogP contribution in [0.3, 0.4) is 0 Å². The molecule has 0 radical (unpaired) electrons. The van der Waals surface area contributed by atoms with Gasteiger partial charge in [0.1, 0.15) is 0 Å². The zero-order chi connectivity index (χ0) is 8.91. The Kier molecular flexibility index (Phi) is 4.48. The van der Waals surface area contributed by atoms with Crippen molar-refractivity contribution in [1.29, 1.82) is 0 Å². The topological polar surface area (TPSA) is 0 Å². The van der Waals surface area contributed by atoms with Crippen LogP contribution in [0.4, 0.5) is 0 Å². The molecule has 0 fully saturated rings. The highest BCUT2D eigenvalue weighted by Crippen LogP contribution is 2.32. The summed E-state index contributed by atoms with van der Waals surface area (Å²) in [7, 11) is 0. The third-order valence-corrected chi connectivity index (χ3v) is 2.58. The van der Waals surface area contributed by atoms with Gasteiger partial charge in [0.05, 0.1) is 0 Å². The Hall–Kier alpha value is -0.260. The second-order valence-electron chi connectivity index (χ2n) is 3.73. The van der Waals surface area contributed by atoms with Crippen molar-refractivity contribution in [3.63, 3.8) is 0 Å². The van der Waals surface area contributed by atoms with Crippen LogP contribution < -0.4 is 0 Å². The number of allylic oxidation sites excluding steroid dienone is 2. The molecule has 0 heterocycles. The maximum atomic E-state index is 2.38. The van der Waals surface area contributed by atoms with Crippen molar-refractivity contribution in [3.8, 4) is 0 Å². The molecule has 0 heteroatoms. The van der Waals surface area contributed by atoms with E-state index in [1.165, 1.54) is 19.3 Å². The van der Waals surface area contributed by atoms with E-state index in [0.29, 0.717) is 5.41 Å². The van der Waals surface area contributed by atoms with Crippen LogP contribution in [0.15, 0.2) is 11.6 Å². The van der Waals surface area contributed by atoms with E-state index in [4.69, 9.17) is 0 Å². The van der Waals surface area contributed by atoms with Crippen LogP contribution in [0.25, 0.3) is 0 Å². The Bertz CT molecular complexity index is 129. The largest absolute Gasteiger partial charge is 0.0851 e. The van der Waals surface area contributed by atoms with E-state index in [9.17, 15) is 0 Å². The predicted molar refractivity (Wildman–Crippen MR) is 52.7 cm³/mol. The molecule has 0 aromatic heterocycles. The molecule has 0 atom stereocenters. The van der Waals surface area contributed by atoms with E-state index in [1.807, 2.05) is 0 Å². The third kappa shape index (κ3) is 3.09. The van der Waals surface area contributed by atoms with Gasteiger partial charge < -0.3 is 0 Å². The molecule has 0 amide bonds. The normalized spacial score (nSPS) is 13.7. The standard InChI is InChI=1S/C11H22/c1-6-9-10(7-2)11(4,5)8-3/h9H,6-8H2,1-5H3. The molecule has 11 heavy (non-hydrogen) atoms. The summed E-state index contributed by atoms with van der Waals surface area (Å²) in [6, 6.07) is 0. The molecule has 0 N–H and O–H groups in total. The van der Waals surface area contributed by atoms with Gasteiger partial charge in [-0.05, 0) is 24.7 Å². The Labute approximate surface area is 71.7 Å². The lowest BCUT2D eigenvalue weighted by Crippen LogP contribution is -2.12. The molecule has 0 nitrogen and oxygen atoms in total. The van der Waals surface area contributed by atoms with Gasteiger partial charge in [-0.2, -0.15) is 0 Å². The van der Waals surface area contributed by atoms with Gasteiger partial charge in [-0.15, -0.1) is 0 Å². The van der Waals surface area contributed by atoms with Gasteiger partial charge in [0.2, 0.25) is 0 Å². The lowest BCUT2D eigenvalue weighted by molar-refractivity contribution is 0.416. The maximum absolute atomic E-state index is 2.38. The van der Waals surface area contributed by atoms with Crippen molar-refractivity contribution in [3.05, 3.63) is 11.6 Å². The van der Waals surface area contributed by atoms with Crippen molar-refractivity contribution in [2.75, 3.05) is 0 Å². The van der Waals surface area contributed by atoms with Crippen LogP contribution in [0.2, 0.25) is 0 Å². The van der Waals surface area contributed by atoms with Crippen molar-refractivity contribution in [2.45, 2.75) is 53.9 Å². The average molecular weight is 154 g/mol. The molecule has 0 spiro atoms. The SMILES string of the molecule is CCC=C(CC)C(C)(C)CC. The smallest absolute Gasteiger partial charge is 0.0147 e. The second-order valence-corrected chi connectivity index (χ2v) is 3.73. The number of rotatable bonds is 4. The zero-order valence-electron chi connectivity index (χ0n) is 8.70. The molecule has 0 aliphatic rings. The molecule has 0 unspecified atom stereocenters. The molecule has 0 aliphatic heterocycles. The van der Waals surface area contributed by atoms with E-state index in [1.54, 1.807) is 5.57 Å². The van der Waals surface area contributed by atoms with E-state index >= 15 is 0 Å². The first-order valence-corrected chi connectivity index (χ1v) is 4.78. The molecule has 0 aromatic carbocycles. The first kappa shape index (κ1) is 10.7. The molecular weight excluding hydrogens is 132 g/mol. The Morgan fingerprint density at radius 2 is 1.73 bits per heavy atom. The van der Waals surface area contributed by atoms with E-state index < -0.39 is 0 Å². The zero-order valence-corrected chi connectivity index (χ0v) is 8.70. The average Bonchev–Trinajstić information content (AvgIpc) is 2.00. The fourth-order valence-corrected chi connectivity index (χ4v) is 1.37. The van der Waals surface area contributed by atoms with Crippen molar-refractivity contribution >= 4 is 0 Å². The van der Waals surface area contributed by atoms with E-state index in [2.05, 4.69) is 40.7 Å². The minimum atomic E-state index is 0.421. The van der Waals surface area contributed by atoms with E-state index in [-0.39, 0.29) is 0 Å². The molecule has 0 aromatic rings. The highest BCUT2D eigenvalue weighted by Gasteiger charge is 2.18. The van der Waals surface area contributed by atoms with Crippen molar-refractivity contribution in [1.82, 2.24) is 0 Å². The summed E-state index contributed by atoms with van der Waals surface area (Å²) >= 11 is 0. The van der Waals surface area contributed by atoms with Crippen molar-refractivity contribution < 1.29 is 0 Å². The summed E-state index contributed by atoms with van der Waals surface area (Å²) < 4.78 is 0. The number of hydrogen-bond donors (Lipinski definition) is 0. The lowest BCUT2D eigenvalue weighted by Gasteiger charge is -2.26. The minimum absolute atomic E-state index is 0.421. The maximum Gasteiger partial charge on any atom is -0.0147 e. The summed E-state index contributed by atoms with van der Waals surface area (Å²) in [5.41, 5.74) is 2.03. The van der Waals surface area contributed by atoms with Gasteiger partial charge >= 0.3 is 0 Å². The summed E-state index contributed by atoms with van der Waals surface area (Å²) in [6.45, 7) is 11.4. The van der Waals surface area contributed by atoms with Crippen LogP contribution in [-0.4, -0.2) is 0 Å². The fraction of sp³-hybridized carbons (Fsp3) is 0.818. The van der Waals surface area contributed by atoms with Crippen LogP contribution in [-0.2, 0) is 0 Å². The van der Waals surface area contributed by atoms with Gasteiger partial charge in [-0.25, -0.2) is 0 Å². The Morgan fingerprint density at radius 3 is 2.00 bits per heavy atom. The summed E-state index contributed by atoms with van der Waals surface area (Å²) in [5.74, 6) is 0. The molecule has 0 bridgehead atoms. The Morgan fingerprint density at radius 1 is 1.18 bits per heavy atom. The third-order valence-electron chi connectivity index (χ3n) is 2.58. The number of hydrogen-bond acceptors (Lipinski definition) is 0. The van der Waals surface area contributed by atoms with Gasteiger partial charge in [-0.3, -0.25) is 0 Å². The highest BCUT2D eigenvalue weighted by molar-refractivity contribution is 5.10. The van der Waals surface area contributed by atoms with E-state index in [0.717, 1.165) is 0 Å². The van der Waals surface area contributed by atoms with Crippen LogP contribution in [0, 0.1) is 5.41 Å². The summed E-state index contributed by atoms with van der Waals surface area (Å²) in [5, 5.41) is 0. The van der Waals surface area contributed by atoms with Gasteiger partial charge in [0.25, 0.3) is 0 Å². The van der Waals surface area contributed by atoms with Crippen LogP contribution >= 0.6 is 0 Å². The molecule has 0 rings (SSSR count). The predicted octanol–water partition coefficient (Wildman–Crippen LogP) is 4.17. The highest BCUT2D eigenvalue weighted by atomic mass is 14.2. The van der Waals surface area contributed by atoms with Crippen molar-refractivity contribution in [2.24, 2.45) is 5.41 Å². The van der Waals surface area contributed by atoms with Gasteiger partial charge in [0.15, 0.2) is 0 Å². The first-order chi connectivity index (χ1) is 5.08. The monoisotopic (exact) mass is 154 g/mol. The Balaban J connectivity index is 4.36. The molecule has 66 valence electrons. The summed E-state index contributed by atoms with van der Waals surface area (Å²) in [6.07, 6.45) is 6.00. The quantitative estimate of drug-likeness (QED) is 0.533. The molecule has 0 aliphatic carbocycles. The van der Waals surface area contributed by atoms with Gasteiger partial charge in [0, 0.05) is 0 Å². The van der Waals surface area contributed by atoms with Crippen LogP contribution in [0.5, 0.6) is 0 Å². The summed E-state index contributed by atoms with van der Waals surface area (Å²) in [4.78, 5) is 0.